The van der Waals surface area contributed by atoms with Crippen LogP contribution < -0.4 is 4.90 Å². The minimum absolute atomic E-state index is 0.0360. The fourth-order valence-electron chi connectivity index (χ4n) is 2.93. The van der Waals surface area contributed by atoms with Crippen LogP contribution in [0.3, 0.4) is 0 Å². The number of pyridine rings is 1. The van der Waals surface area contributed by atoms with Crippen molar-refractivity contribution in [2.24, 2.45) is 0 Å². The summed E-state index contributed by atoms with van der Waals surface area (Å²) in [6.07, 6.45) is 1.90. The van der Waals surface area contributed by atoms with Gasteiger partial charge in [-0.3, -0.25) is 14.6 Å². The first-order chi connectivity index (χ1) is 12.5. The standard InChI is InChI=1S/C19H19ClFN3O2/c20-15-13-14(4-5-16(15)21)23-9-11-24(12-10-23)19(26)7-6-18(25)17-3-1-2-8-22-17/h1-5,8,13H,6-7,9-12H2. The highest BCUT2D eigenvalue weighted by molar-refractivity contribution is 6.31. The van der Waals surface area contributed by atoms with Gasteiger partial charge >= 0.3 is 0 Å². The number of carbonyl (C=O) groups excluding carboxylic acids is 2. The average molecular weight is 376 g/mol. The van der Waals surface area contributed by atoms with Crippen molar-refractivity contribution in [2.45, 2.75) is 12.8 Å². The third-order valence-electron chi connectivity index (χ3n) is 4.42. The van der Waals surface area contributed by atoms with E-state index >= 15 is 0 Å². The van der Waals surface area contributed by atoms with Crippen molar-refractivity contribution in [2.75, 3.05) is 31.1 Å². The largest absolute Gasteiger partial charge is 0.368 e. The quantitative estimate of drug-likeness (QED) is 0.753. The van der Waals surface area contributed by atoms with Gasteiger partial charge in [0.2, 0.25) is 5.91 Å². The van der Waals surface area contributed by atoms with Gasteiger partial charge in [-0.25, -0.2) is 4.39 Å². The van der Waals surface area contributed by atoms with Gasteiger partial charge < -0.3 is 9.80 Å². The second kappa shape index (κ2) is 8.27. The molecule has 1 aromatic carbocycles. The Hall–Kier alpha value is -2.47. The van der Waals surface area contributed by atoms with Crippen LogP contribution in [0.25, 0.3) is 0 Å². The van der Waals surface area contributed by atoms with Gasteiger partial charge in [0.25, 0.3) is 0 Å². The molecule has 0 aliphatic carbocycles. The lowest BCUT2D eigenvalue weighted by Gasteiger charge is -2.36. The molecule has 1 aliphatic rings. The topological polar surface area (TPSA) is 53.5 Å². The van der Waals surface area contributed by atoms with Crippen molar-refractivity contribution < 1.29 is 14.0 Å². The molecule has 2 heterocycles. The first-order valence-electron chi connectivity index (χ1n) is 8.46. The first kappa shape index (κ1) is 18.3. The van der Waals surface area contributed by atoms with E-state index in [4.69, 9.17) is 11.6 Å². The van der Waals surface area contributed by atoms with Gasteiger partial charge in [0, 0.05) is 50.9 Å². The summed E-state index contributed by atoms with van der Waals surface area (Å²) in [5.41, 5.74) is 1.23. The van der Waals surface area contributed by atoms with E-state index < -0.39 is 5.82 Å². The second-order valence-corrected chi connectivity index (χ2v) is 6.51. The molecule has 3 rings (SSSR count). The predicted molar refractivity (Wildman–Crippen MR) is 98.0 cm³/mol. The highest BCUT2D eigenvalue weighted by atomic mass is 35.5. The summed E-state index contributed by atoms with van der Waals surface area (Å²) in [5, 5.41) is 0.0917. The van der Waals surface area contributed by atoms with Crippen LogP contribution in [0.15, 0.2) is 42.6 Å². The van der Waals surface area contributed by atoms with Crippen LogP contribution in [0.2, 0.25) is 5.02 Å². The summed E-state index contributed by atoms with van der Waals surface area (Å²) in [5.74, 6) is -0.605. The smallest absolute Gasteiger partial charge is 0.223 e. The molecule has 0 radical (unpaired) electrons. The van der Waals surface area contributed by atoms with Gasteiger partial charge in [-0.15, -0.1) is 0 Å². The van der Waals surface area contributed by atoms with Gasteiger partial charge in [0.05, 0.1) is 5.02 Å². The Bertz CT molecular complexity index is 793. The third-order valence-corrected chi connectivity index (χ3v) is 4.71. The van der Waals surface area contributed by atoms with Crippen molar-refractivity contribution in [1.29, 1.82) is 0 Å². The summed E-state index contributed by atoms with van der Waals surface area (Å²) in [6.45, 7) is 2.40. The number of hydrogen-bond donors (Lipinski definition) is 0. The average Bonchev–Trinajstić information content (AvgIpc) is 2.69. The summed E-state index contributed by atoms with van der Waals surface area (Å²) in [4.78, 5) is 32.2. The fourth-order valence-corrected chi connectivity index (χ4v) is 3.10. The number of amides is 1. The molecule has 1 aromatic heterocycles. The third kappa shape index (κ3) is 4.38. The highest BCUT2D eigenvalue weighted by Gasteiger charge is 2.22. The van der Waals surface area contributed by atoms with E-state index in [1.54, 1.807) is 41.4 Å². The van der Waals surface area contributed by atoms with Crippen molar-refractivity contribution in [1.82, 2.24) is 9.88 Å². The molecule has 1 amide bonds. The summed E-state index contributed by atoms with van der Waals surface area (Å²) in [6, 6.07) is 9.78. The molecule has 0 unspecified atom stereocenters. The molecule has 1 saturated heterocycles. The Balaban J connectivity index is 1.49. The number of hydrogen-bond acceptors (Lipinski definition) is 4. The SMILES string of the molecule is O=C(CCC(=O)N1CCN(c2ccc(F)c(Cl)c2)CC1)c1ccccn1. The number of nitrogens with zero attached hydrogens (tertiary/aromatic N) is 3. The summed E-state index contributed by atoms with van der Waals surface area (Å²) >= 11 is 5.83. The van der Waals surface area contributed by atoms with Crippen molar-refractivity contribution in [3.63, 3.8) is 0 Å². The summed E-state index contributed by atoms with van der Waals surface area (Å²) < 4.78 is 13.3. The maximum absolute atomic E-state index is 13.3. The van der Waals surface area contributed by atoms with Crippen LogP contribution in [0.1, 0.15) is 23.3 Å². The maximum atomic E-state index is 13.3. The molecule has 0 atom stereocenters. The zero-order valence-electron chi connectivity index (χ0n) is 14.2. The van der Waals surface area contributed by atoms with E-state index in [0.717, 1.165) is 5.69 Å². The Morgan fingerprint density at radius 1 is 1.08 bits per heavy atom. The monoisotopic (exact) mass is 375 g/mol. The van der Waals surface area contributed by atoms with Gasteiger partial charge in [0.1, 0.15) is 11.5 Å². The van der Waals surface area contributed by atoms with E-state index in [1.165, 1.54) is 6.07 Å². The molecule has 1 aliphatic heterocycles. The minimum Gasteiger partial charge on any atom is -0.368 e. The number of ketones is 1. The van der Waals surface area contributed by atoms with Crippen LogP contribution in [0, 0.1) is 5.82 Å². The van der Waals surface area contributed by atoms with Crippen LogP contribution >= 0.6 is 11.6 Å². The molecule has 0 N–H and O–H groups in total. The van der Waals surface area contributed by atoms with Crippen LogP contribution in [-0.4, -0.2) is 47.8 Å². The minimum atomic E-state index is -0.443. The van der Waals surface area contributed by atoms with Crippen LogP contribution in [0.5, 0.6) is 0 Å². The number of benzene rings is 1. The number of rotatable bonds is 5. The molecule has 136 valence electrons. The van der Waals surface area contributed by atoms with Crippen molar-refractivity contribution >= 4 is 29.0 Å². The van der Waals surface area contributed by atoms with Gasteiger partial charge in [-0.1, -0.05) is 17.7 Å². The molecule has 0 spiro atoms. The Labute approximate surface area is 156 Å². The Morgan fingerprint density at radius 2 is 1.85 bits per heavy atom. The fraction of sp³-hybridized carbons (Fsp3) is 0.316. The zero-order valence-corrected chi connectivity index (χ0v) is 15.0. The van der Waals surface area contributed by atoms with Crippen LogP contribution in [-0.2, 0) is 4.79 Å². The number of carbonyl (C=O) groups is 2. The molecule has 1 fully saturated rings. The molecule has 0 bridgehead atoms. The molecular formula is C19H19ClFN3O2. The molecule has 5 nitrogen and oxygen atoms in total. The molecule has 0 saturated carbocycles. The highest BCUT2D eigenvalue weighted by Crippen LogP contribution is 2.23. The lowest BCUT2D eigenvalue weighted by atomic mass is 10.1. The van der Waals surface area contributed by atoms with E-state index in [-0.39, 0.29) is 29.6 Å². The lowest BCUT2D eigenvalue weighted by molar-refractivity contribution is -0.131. The molecule has 2 aromatic rings. The van der Waals surface area contributed by atoms with Gasteiger partial charge in [-0.05, 0) is 30.3 Å². The van der Waals surface area contributed by atoms with Gasteiger partial charge in [0.15, 0.2) is 5.78 Å². The number of anilines is 1. The molecule has 26 heavy (non-hydrogen) atoms. The van der Waals surface area contributed by atoms with Crippen molar-refractivity contribution in [3.05, 3.63) is 59.1 Å². The number of halogens is 2. The van der Waals surface area contributed by atoms with E-state index in [2.05, 4.69) is 9.88 Å². The lowest BCUT2D eigenvalue weighted by Crippen LogP contribution is -2.48. The number of aromatic nitrogens is 1. The van der Waals surface area contributed by atoms with E-state index in [9.17, 15) is 14.0 Å². The second-order valence-electron chi connectivity index (χ2n) is 6.10. The van der Waals surface area contributed by atoms with E-state index in [1.807, 2.05) is 0 Å². The van der Waals surface area contributed by atoms with Crippen molar-refractivity contribution in [3.8, 4) is 0 Å². The van der Waals surface area contributed by atoms with E-state index in [0.29, 0.717) is 31.9 Å². The predicted octanol–water partition coefficient (Wildman–Crippen LogP) is 3.19. The maximum Gasteiger partial charge on any atom is 0.223 e. The Morgan fingerprint density at radius 3 is 2.50 bits per heavy atom. The Kier molecular flexibility index (Phi) is 5.83. The van der Waals surface area contributed by atoms with Crippen LogP contribution in [0.4, 0.5) is 10.1 Å². The van der Waals surface area contributed by atoms with Gasteiger partial charge in [-0.2, -0.15) is 0 Å². The summed E-state index contributed by atoms with van der Waals surface area (Å²) in [7, 11) is 0. The normalized spacial score (nSPS) is 14.4. The zero-order chi connectivity index (χ0) is 18.5. The number of Topliss-reactive ketones (excluding diaryl/α,β-unsaturated/α-hetero) is 1. The molecule has 7 heteroatoms. The molecular weight excluding hydrogens is 357 g/mol. The first-order valence-corrected chi connectivity index (χ1v) is 8.84. The number of piperazine rings is 1.